The number of anilines is 1. The number of Topliss-reactive ketones (excluding diaryl/α,β-unsaturated/α-hetero) is 1. The molecule has 0 saturated carbocycles. The summed E-state index contributed by atoms with van der Waals surface area (Å²) < 4.78 is 38.5. The summed E-state index contributed by atoms with van der Waals surface area (Å²) in [5, 5.41) is 10.1. The van der Waals surface area contributed by atoms with Crippen molar-refractivity contribution in [2.45, 2.75) is 39.2 Å². The Labute approximate surface area is 176 Å². The molecule has 2 rings (SSSR count). The van der Waals surface area contributed by atoms with Gasteiger partial charge in [-0.05, 0) is 37.1 Å². The lowest BCUT2D eigenvalue weighted by molar-refractivity contribution is -0.118. The first kappa shape index (κ1) is 23.6. The average Bonchev–Trinajstić information content (AvgIpc) is 2.64. The first-order valence-corrected chi connectivity index (χ1v) is 11.2. The van der Waals surface area contributed by atoms with E-state index >= 15 is 0 Å². The van der Waals surface area contributed by atoms with Crippen LogP contribution in [0.2, 0.25) is 0 Å². The van der Waals surface area contributed by atoms with Gasteiger partial charge in [0.05, 0.1) is 23.7 Å². The largest absolute Gasteiger partial charge is 0.389 e. The molecule has 1 heterocycles. The quantitative estimate of drug-likeness (QED) is 0.684. The smallest absolute Gasteiger partial charge is 0.239 e. The van der Waals surface area contributed by atoms with E-state index in [4.69, 9.17) is 0 Å². The van der Waals surface area contributed by atoms with Gasteiger partial charge in [-0.3, -0.25) is 4.79 Å². The number of hydrogen-bond donors (Lipinski definition) is 1. The number of rotatable bonds is 8. The highest BCUT2D eigenvalue weighted by Gasteiger charge is 2.22. The molecule has 1 atom stereocenters. The molecule has 0 radical (unpaired) electrons. The van der Waals surface area contributed by atoms with Crippen LogP contribution in [0.4, 0.5) is 10.3 Å². The summed E-state index contributed by atoms with van der Waals surface area (Å²) in [7, 11) is -2.25. The van der Waals surface area contributed by atoms with Crippen LogP contribution in [0.15, 0.2) is 30.3 Å². The van der Waals surface area contributed by atoms with Gasteiger partial charge in [-0.2, -0.15) is 0 Å². The highest BCUT2D eigenvalue weighted by atomic mass is 32.2. The molecule has 0 aliphatic heterocycles. The first-order chi connectivity index (χ1) is 13.9. The number of aliphatic hydroxyl groups is 1. The fourth-order valence-corrected chi connectivity index (χ4v) is 3.14. The van der Waals surface area contributed by atoms with Crippen LogP contribution in [-0.2, 0) is 14.8 Å². The zero-order chi connectivity index (χ0) is 22.6. The topological polar surface area (TPSA) is 100 Å². The minimum Gasteiger partial charge on any atom is -0.389 e. The molecule has 0 aliphatic rings. The summed E-state index contributed by atoms with van der Waals surface area (Å²) in [6, 6.07) is 5.64. The summed E-state index contributed by atoms with van der Waals surface area (Å²) in [6.07, 6.45) is 3.12. The van der Waals surface area contributed by atoms with E-state index in [0.717, 1.165) is 10.6 Å². The van der Waals surface area contributed by atoms with E-state index in [0.29, 0.717) is 22.5 Å². The molecule has 1 aromatic carbocycles. The summed E-state index contributed by atoms with van der Waals surface area (Å²) >= 11 is 0. The van der Waals surface area contributed by atoms with Gasteiger partial charge in [-0.25, -0.2) is 27.1 Å². The van der Waals surface area contributed by atoms with Gasteiger partial charge in [0.25, 0.3) is 0 Å². The van der Waals surface area contributed by atoms with E-state index in [2.05, 4.69) is 9.97 Å². The van der Waals surface area contributed by atoms with Gasteiger partial charge in [0.15, 0.2) is 0 Å². The Morgan fingerprint density at radius 3 is 2.33 bits per heavy atom. The Hall–Kier alpha value is -2.65. The van der Waals surface area contributed by atoms with Crippen LogP contribution < -0.4 is 4.31 Å². The van der Waals surface area contributed by atoms with E-state index in [1.54, 1.807) is 6.08 Å². The molecule has 0 aliphatic carbocycles. The molecule has 0 unspecified atom stereocenters. The van der Waals surface area contributed by atoms with Crippen LogP contribution in [0, 0.1) is 5.82 Å². The van der Waals surface area contributed by atoms with Gasteiger partial charge >= 0.3 is 0 Å². The molecule has 0 amide bonds. The van der Waals surface area contributed by atoms with Gasteiger partial charge in [-0.1, -0.05) is 26.0 Å². The zero-order valence-electron chi connectivity index (χ0n) is 17.6. The molecular weight excluding hydrogens is 409 g/mol. The second-order valence-electron chi connectivity index (χ2n) is 7.40. The number of nitrogens with zero attached hydrogens (tertiary/aromatic N) is 3. The number of aromatic nitrogens is 2. The van der Waals surface area contributed by atoms with Crippen molar-refractivity contribution in [1.82, 2.24) is 9.97 Å². The van der Waals surface area contributed by atoms with Crippen molar-refractivity contribution in [3.05, 3.63) is 47.4 Å². The highest BCUT2D eigenvalue weighted by Crippen LogP contribution is 2.31. The van der Waals surface area contributed by atoms with E-state index in [1.807, 2.05) is 13.8 Å². The maximum Gasteiger partial charge on any atom is 0.239 e. The number of aliphatic hydroxyl groups excluding tert-OH is 1. The first-order valence-electron chi connectivity index (χ1n) is 9.37. The minimum atomic E-state index is -3.60. The van der Waals surface area contributed by atoms with Gasteiger partial charge in [-0.15, -0.1) is 0 Å². The number of ketones is 1. The number of hydrogen-bond acceptors (Lipinski definition) is 6. The molecule has 1 aromatic heterocycles. The molecule has 1 N–H and O–H groups in total. The fourth-order valence-electron chi connectivity index (χ4n) is 2.77. The number of halogens is 1. The molecular formula is C21H26FN3O4S. The SMILES string of the molecule is CC(=O)C[C@H](O)/C=C/c1c(-c2ccc(F)cc2)nc(N(C)S(C)(=O)=O)nc1C(C)C. The molecule has 0 saturated heterocycles. The van der Waals surface area contributed by atoms with Crippen molar-refractivity contribution in [3.63, 3.8) is 0 Å². The van der Waals surface area contributed by atoms with Crippen molar-refractivity contribution in [3.8, 4) is 11.3 Å². The lowest BCUT2D eigenvalue weighted by Gasteiger charge is -2.20. The van der Waals surface area contributed by atoms with Crippen LogP contribution in [0.1, 0.15) is 44.4 Å². The standard InChI is InChI=1S/C21H26FN3O4S/c1-13(2)19-18(11-10-17(27)12-14(3)26)20(15-6-8-16(22)9-7-15)24-21(23-19)25(4)30(5,28)29/h6-11,13,17,27H,12H2,1-5H3/b11-10+/t17-/m1/s1. The molecule has 0 spiro atoms. The van der Waals surface area contributed by atoms with Crippen LogP contribution in [0.5, 0.6) is 0 Å². The summed E-state index contributed by atoms with van der Waals surface area (Å²) in [4.78, 5) is 20.1. The minimum absolute atomic E-state index is 0.0121. The summed E-state index contributed by atoms with van der Waals surface area (Å²) in [6.45, 7) is 5.17. The molecule has 30 heavy (non-hydrogen) atoms. The maximum absolute atomic E-state index is 13.5. The van der Waals surface area contributed by atoms with Crippen LogP contribution in [-0.4, -0.2) is 48.7 Å². The molecule has 7 nitrogen and oxygen atoms in total. The van der Waals surface area contributed by atoms with E-state index in [-0.39, 0.29) is 24.1 Å². The van der Waals surface area contributed by atoms with E-state index < -0.39 is 21.9 Å². The number of benzene rings is 1. The molecule has 0 bridgehead atoms. The lowest BCUT2D eigenvalue weighted by atomic mass is 9.97. The number of carbonyl (C=O) groups excluding carboxylic acids is 1. The van der Waals surface area contributed by atoms with Gasteiger partial charge in [0.2, 0.25) is 16.0 Å². The van der Waals surface area contributed by atoms with Crippen LogP contribution >= 0.6 is 0 Å². The molecule has 162 valence electrons. The Bertz CT molecular complexity index is 1050. The van der Waals surface area contributed by atoms with Crippen LogP contribution in [0.3, 0.4) is 0 Å². The normalized spacial score (nSPS) is 13.1. The van der Waals surface area contributed by atoms with E-state index in [1.165, 1.54) is 44.3 Å². The Morgan fingerprint density at radius 2 is 1.83 bits per heavy atom. The van der Waals surface area contributed by atoms with E-state index in [9.17, 15) is 22.7 Å². The maximum atomic E-state index is 13.5. The van der Waals surface area contributed by atoms with Crippen molar-refractivity contribution >= 4 is 27.8 Å². The third-order valence-electron chi connectivity index (χ3n) is 4.39. The molecule has 9 heteroatoms. The number of sulfonamides is 1. The van der Waals surface area contributed by atoms with Crippen molar-refractivity contribution in [2.75, 3.05) is 17.6 Å². The molecule has 2 aromatic rings. The van der Waals surface area contributed by atoms with Crippen molar-refractivity contribution < 1.29 is 22.7 Å². The third-order valence-corrected chi connectivity index (χ3v) is 5.55. The Kier molecular flexibility index (Phi) is 7.44. The van der Waals surface area contributed by atoms with Crippen molar-refractivity contribution in [1.29, 1.82) is 0 Å². The van der Waals surface area contributed by atoms with Crippen molar-refractivity contribution in [2.24, 2.45) is 0 Å². The predicted octanol–water partition coefficient (Wildman–Crippen LogP) is 3.16. The Balaban J connectivity index is 2.74. The number of carbonyl (C=O) groups is 1. The monoisotopic (exact) mass is 435 g/mol. The van der Waals surface area contributed by atoms with Gasteiger partial charge in [0, 0.05) is 24.6 Å². The molecule has 0 fully saturated rings. The van der Waals surface area contributed by atoms with Crippen LogP contribution in [0.25, 0.3) is 17.3 Å². The third kappa shape index (κ3) is 5.93. The summed E-state index contributed by atoms with van der Waals surface area (Å²) in [5.74, 6) is -0.693. The Morgan fingerprint density at radius 1 is 1.23 bits per heavy atom. The zero-order valence-corrected chi connectivity index (χ0v) is 18.4. The highest BCUT2D eigenvalue weighted by molar-refractivity contribution is 7.92. The fraction of sp³-hybridized carbons (Fsp3) is 0.381. The van der Waals surface area contributed by atoms with Gasteiger partial charge in [0.1, 0.15) is 11.6 Å². The second kappa shape index (κ2) is 9.44. The van der Waals surface area contributed by atoms with Gasteiger partial charge < -0.3 is 5.11 Å². The predicted molar refractivity (Wildman–Crippen MR) is 115 cm³/mol. The summed E-state index contributed by atoms with van der Waals surface area (Å²) in [5.41, 5.74) is 2.07. The second-order valence-corrected chi connectivity index (χ2v) is 9.41. The average molecular weight is 436 g/mol. The lowest BCUT2D eigenvalue weighted by Crippen LogP contribution is -2.27.